The molecule has 0 fully saturated rings. The third-order valence-corrected chi connectivity index (χ3v) is 16.1. The lowest BCUT2D eigenvalue weighted by Gasteiger charge is -2.26. The first-order chi connectivity index (χ1) is 8.41. The highest BCUT2D eigenvalue weighted by Crippen LogP contribution is 2.10. The summed E-state index contributed by atoms with van der Waals surface area (Å²) < 4.78 is 0. The molecule has 91 valence electrons. The molecule has 0 saturated heterocycles. The second-order valence-corrected chi connectivity index (χ2v) is 17.6. The molecule has 1 rings (SSSR count). The second kappa shape index (κ2) is 5.81. The molecule has 4 heteroatoms. The van der Waals surface area contributed by atoms with E-state index < -0.39 is 7.59 Å². The molecule has 2 nitrogen and oxygen atoms in total. The summed E-state index contributed by atoms with van der Waals surface area (Å²) in [7, 11) is -1.57. The Morgan fingerprint density at radius 1 is 1.11 bits per heavy atom. The Bertz CT molecular complexity index is 512. The highest BCUT2D eigenvalue weighted by atomic mass is 29.2. The predicted molar refractivity (Wildman–Crippen MR) is 80.2 cm³/mol. The average molecular weight is 269 g/mol. The molecule has 0 unspecified atom stereocenters. The van der Waals surface area contributed by atoms with Crippen LogP contribution in [-0.2, 0) is 0 Å². The number of nitriles is 2. The van der Waals surface area contributed by atoms with Crippen molar-refractivity contribution in [3.63, 3.8) is 0 Å². The van der Waals surface area contributed by atoms with Gasteiger partial charge in [0, 0.05) is 8.31 Å². The van der Waals surface area contributed by atoms with Crippen molar-refractivity contribution in [1.82, 2.24) is 0 Å². The van der Waals surface area contributed by atoms with E-state index in [1.54, 1.807) is 6.08 Å². The number of allylic oxidation sites excluding steroid dienone is 1. The minimum Gasteiger partial charge on any atom is -0.192 e. The Balaban J connectivity index is 3.06. The van der Waals surface area contributed by atoms with Gasteiger partial charge in [0.1, 0.15) is 17.7 Å². The number of hydrogen-bond donors (Lipinski definition) is 0. The maximum atomic E-state index is 8.71. The lowest BCUT2D eigenvalue weighted by Crippen LogP contribution is -2.52. The minimum atomic E-state index is -1.29. The van der Waals surface area contributed by atoms with Crippen molar-refractivity contribution in [3.05, 3.63) is 35.4 Å². The highest BCUT2D eigenvalue weighted by molar-refractivity contribution is 7.37. The Hall–Kier alpha value is -1.63. The number of nitrogens with zero attached hydrogens (tertiary/aromatic N) is 2. The molecule has 1 radical (unpaired) electrons. The zero-order valence-electron chi connectivity index (χ0n) is 11.3. The fraction of sp³-hybridized carbons (Fsp3) is 0.286. The van der Waals surface area contributed by atoms with Crippen LogP contribution < -0.4 is 5.19 Å². The van der Waals surface area contributed by atoms with Crippen molar-refractivity contribution in [2.75, 3.05) is 0 Å². The largest absolute Gasteiger partial charge is 0.192 e. The maximum absolute atomic E-state index is 8.71. The van der Waals surface area contributed by atoms with E-state index in [4.69, 9.17) is 10.5 Å². The van der Waals surface area contributed by atoms with Crippen molar-refractivity contribution < 1.29 is 0 Å². The molecule has 1 aromatic carbocycles. The Kier molecular flexibility index (Phi) is 4.66. The molecule has 0 aliphatic carbocycles. The van der Waals surface area contributed by atoms with Crippen LogP contribution in [0, 0.1) is 22.7 Å². The van der Waals surface area contributed by atoms with Gasteiger partial charge in [-0.3, -0.25) is 0 Å². The van der Waals surface area contributed by atoms with Gasteiger partial charge in [-0.2, -0.15) is 10.5 Å². The molecular weight excluding hydrogens is 252 g/mol. The molecule has 0 N–H and O–H groups in total. The van der Waals surface area contributed by atoms with Gasteiger partial charge in [0.15, 0.2) is 0 Å². The maximum Gasteiger partial charge on any atom is 0.130 e. The van der Waals surface area contributed by atoms with E-state index in [2.05, 4.69) is 38.3 Å². The normalized spacial score (nSPS) is 10.6. The smallest absolute Gasteiger partial charge is 0.130 e. The van der Waals surface area contributed by atoms with Crippen LogP contribution in [0.2, 0.25) is 26.2 Å². The second-order valence-electron chi connectivity index (χ2n) is 5.03. The van der Waals surface area contributed by atoms with Gasteiger partial charge < -0.3 is 0 Å². The van der Waals surface area contributed by atoms with Crippen LogP contribution in [0.5, 0.6) is 0 Å². The predicted octanol–water partition coefficient (Wildman–Crippen LogP) is 2.87. The number of hydrogen-bond acceptors (Lipinski definition) is 2. The first-order valence-corrected chi connectivity index (χ1v) is 12.3. The van der Waals surface area contributed by atoms with Crippen molar-refractivity contribution in [3.8, 4) is 12.1 Å². The lowest BCUT2D eigenvalue weighted by atomic mass is 10.1. The molecule has 18 heavy (non-hydrogen) atoms. The topological polar surface area (TPSA) is 47.6 Å². The molecule has 1 aromatic rings. The van der Waals surface area contributed by atoms with Crippen LogP contribution in [-0.4, -0.2) is 15.9 Å². The van der Waals surface area contributed by atoms with Crippen molar-refractivity contribution >= 4 is 27.2 Å². The minimum absolute atomic E-state index is 0.148. The lowest BCUT2D eigenvalue weighted by molar-refractivity contribution is 1.47. The zero-order valence-corrected chi connectivity index (χ0v) is 13.3. The SMILES string of the molecule is C[Si](C)[Si](C)(C)c1ccc(C=C(C#N)C#N)cc1. The third-order valence-electron chi connectivity index (χ3n) is 3.43. The summed E-state index contributed by atoms with van der Waals surface area (Å²) in [5, 5.41) is 18.9. The highest BCUT2D eigenvalue weighted by Gasteiger charge is 2.27. The molecule has 0 bridgehead atoms. The van der Waals surface area contributed by atoms with Gasteiger partial charge in [0.25, 0.3) is 0 Å². The summed E-state index contributed by atoms with van der Waals surface area (Å²) in [5.74, 6) is 0. The van der Waals surface area contributed by atoms with Crippen LogP contribution in [0.1, 0.15) is 5.56 Å². The van der Waals surface area contributed by atoms with E-state index >= 15 is 0 Å². The molecular formula is C14H17N2Si2. The Morgan fingerprint density at radius 2 is 1.61 bits per heavy atom. The van der Waals surface area contributed by atoms with E-state index in [1.807, 2.05) is 24.3 Å². The molecule has 0 saturated carbocycles. The van der Waals surface area contributed by atoms with Crippen LogP contribution in [0.15, 0.2) is 29.8 Å². The van der Waals surface area contributed by atoms with Crippen LogP contribution in [0.4, 0.5) is 0 Å². The third kappa shape index (κ3) is 3.19. The van der Waals surface area contributed by atoms with Crippen molar-refractivity contribution in [2.45, 2.75) is 26.2 Å². The van der Waals surface area contributed by atoms with E-state index in [-0.39, 0.29) is 13.9 Å². The summed E-state index contributed by atoms with van der Waals surface area (Å²) in [4.78, 5) is 0. The first-order valence-electron chi connectivity index (χ1n) is 5.85. The molecule has 0 heterocycles. The van der Waals surface area contributed by atoms with Crippen molar-refractivity contribution in [1.29, 1.82) is 10.5 Å². The molecule has 0 aromatic heterocycles. The van der Waals surface area contributed by atoms with E-state index in [0.717, 1.165) is 5.56 Å². The quantitative estimate of drug-likeness (QED) is 0.626. The van der Waals surface area contributed by atoms with E-state index in [0.29, 0.717) is 0 Å². The summed E-state index contributed by atoms with van der Waals surface area (Å²) >= 11 is 0. The van der Waals surface area contributed by atoms with E-state index in [1.165, 1.54) is 5.19 Å². The van der Waals surface area contributed by atoms with Crippen LogP contribution in [0.3, 0.4) is 0 Å². The van der Waals surface area contributed by atoms with Gasteiger partial charge in [0.2, 0.25) is 0 Å². The fourth-order valence-electron chi connectivity index (χ4n) is 1.54. The van der Waals surface area contributed by atoms with Gasteiger partial charge >= 0.3 is 0 Å². The molecule has 0 aliphatic rings. The molecule has 0 amide bonds. The molecule has 0 aliphatic heterocycles. The number of rotatable bonds is 3. The Labute approximate surface area is 112 Å². The Morgan fingerprint density at radius 3 is 2.00 bits per heavy atom. The van der Waals surface area contributed by atoms with Gasteiger partial charge in [0.05, 0.1) is 7.59 Å². The summed E-state index contributed by atoms with van der Waals surface area (Å²) in [6, 6.07) is 12.1. The zero-order chi connectivity index (χ0) is 13.8. The van der Waals surface area contributed by atoms with Gasteiger partial charge in [-0.1, -0.05) is 55.6 Å². The molecule has 0 spiro atoms. The summed E-state index contributed by atoms with van der Waals surface area (Å²) in [5.41, 5.74) is 1.07. The van der Waals surface area contributed by atoms with Crippen LogP contribution >= 0.6 is 0 Å². The van der Waals surface area contributed by atoms with E-state index in [9.17, 15) is 0 Å². The van der Waals surface area contributed by atoms with Crippen molar-refractivity contribution in [2.24, 2.45) is 0 Å². The van der Waals surface area contributed by atoms with Crippen LogP contribution in [0.25, 0.3) is 6.08 Å². The summed E-state index contributed by atoms with van der Waals surface area (Å²) in [6.45, 7) is 9.55. The van der Waals surface area contributed by atoms with Gasteiger partial charge in [-0.05, 0) is 11.6 Å². The van der Waals surface area contributed by atoms with Gasteiger partial charge in [-0.25, -0.2) is 0 Å². The average Bonchev–Trinajstić information content (AvgIpc) is 2.36. The fourth-order valence-corrected chi connectivity index (χ4v) is 5.35. The first kappa shape index (κ1) is 14.4. The molecule has 0 atom stereocenters. The monoisotopic (exact) mass is 269 g/mol. The summed E-state index contributed by atoms with van der Waals surface area (Å²) in [6.07, 6.45) is 1.63. The van der Waals surface area contributed by atoms with Gasteiger partial charge in [-0.15, -0.1) is 0 Å². The number of benzene rings is 1. The standard InChI is InChI=1S/C14H17N2Si2/c1-17(2)18(3,4)14-7-5-12(6-8-14)9-13(10-15)11-16/h5-9H,1-4H3.